The predicted octanol–water partition coefficient (Wildman–Crippen LogP) is 3.52. The number of nitrogens with one attached hydrogen (secondary N) is 2. The first-order chi connectivity index (χ1) is 10.5. The molecule has 0 radical (unpaired) electrons. The minimum Gasteiger partial charge on any atom is -0.356 e. The first kappa shape index (κ1) is 18.3. The Hall–Kier alpha value is -1.72. The lowest BCUT2D eigenvalue weighted by atomic mass is 10.1. The third kappa shape index (κ3) is 9.26. The van der Waals surface area contributed by atoms with Crippen molar-refractivity contribution >= 4 is 5.96 Å². The van der Waals surface area contributed by atoms with E-state index >= 15 is 0 Å². The summed E-state index contributed by atoms with van der Waals surface area (Å²) in [5.74, 6) is 0.639. The Morgan fingerprint density at radius 3 is 2.23 bits per heavy atom. The maximum atomic E-state index is 12.0. The van der Waals surface area contributed by atoms with Crippen LogP contribution in [-0.2, 0) is 6.42 Å². The number of alkyl halides is 3. The number of rotatable bonds is 8. The fourth-order valence-corrected chi connectivity index (χ4v) is 2.02. The zero-order valence-corrected chi connectivity index (χ0v) is 12.9. The summed E-state index contributed by atoms with van der Waals surface area (Å²) in [5.41, 5.74) is 1.29. The van der Waals surface area contributed by atoms with E-state index in [1.165, 1.54) is 5.56 Å². The lowest BCUT2D eigenvalue weighted by molar-refractivity contribution is -0.135. The number of benzene rings is 1. The Bertz CT molecular complexity index is 430. The van der Waals surface area contributed by atoms with Crippen molar-refractivity contribution in [3.05, 3.63) is 35.9 Å². The monoisotopic (exact) mass is 315 g/mol. The standard InChI is InChI=1S/C16H24F3N3/c1-20-15(21-12-6-5-11-16(17,18)19)22-13-7-10-14-8-3-2-4-9-14/h2-4,8-9H,5-7,10-13H2,1H3,(H2,20,21,22). The molecule has 22 heavy (non-hydrogen) atoms. The lowest BCUT2D eigenvalue weighted by Gasteiger charge is -2.12. The van der Waals surface area contributed by atoms with Gasteiger partial charge < -0.3 is 10.6 Å². The van der Waals surface area contributed by atoms with E-state index in [2.05, 4.69) is 27.8 Å². The number of unbranched alkanes of at least 4 members (excludes halogenated alkanes) is 1. The van der Waals surface area contributed by atoms with Crippen LogP contribution in [0.15, 0.2) is 35.3 Å². The van der Waals surface area contributed by atoms with E-state index in [1.54, 1.807) is 7.05 Å². The Morgan fingerprint density at radius 2 is 1.64 bits per heavy atom. The molecule has 0 fully saturated rings. The maximum absolute atomic E-state index is 12.0. The molecule has 0 bridgehead atoms. The van der Waals surface area contributed by atoms with Gasteiger partial charge in [0.15, 0.2) is 5.96 Å². The van der Waals surface area contributed by atoms with Gasteiger partial charge in [-0.15, -0.1) is 0 Å². The fourth-order valence-electron chi connectivity index (χ4n) is 2.02. The van der Waals surface area contributed by atoms with E-state index in [-0.39, 0.29) is 6.42 Å². The summed E-state index contributed by atoms with van der Waals surface area (Å²) in [7, 11) is 1.66. The Labute approximate surface area is 130 Å². The molecular formula is C16H24F3N3. The van der Waals surface area contributed by atoms with Gasteiger partial charge >= 0.3 is 6.18 Å². The van der Waals surface area contributed by atoms with Gasteiger partial charge in [0.25, 0.3) is 0 Å². The molecule has 0 atom stereocenters. The SMILES string of the molecule is CN=C(NCCCCC(F)(F)F)NCCCc1ccccc1. The van der Waals surface area contributed by atoms with Crippen LogP contribution in [0.25, 0.3) is 0 Å². The summed E-state index contributed by atoms with van der Waals surface area (Å²) in [6.45, 7) is 1.27. The molecule has 0 unspecified atom stereocenters. The molecule has 1 aromatic carbocycles. The van der Waals surface area contributed by atoms with E-state index in [1.807, 2.05) is 18.2 Å². The number of guanidine groups is 1. The van der Waals surface area contributed by atoms with Crippen molar-refractivity contribution < 1.29 is 13.2 Å². The second-order valence-corrected chi connectivity index (χ2v) is 5.09. The molecule has 0 saturated carbocycles. The van der Waals surface area contributed by atoms with Gasteiger partial charge in [-0.05, 0) is 31.2 Å². The zero-order valence-electron chi connectivity index (χ0n) is 12.9. The van der Waals surface area contributed by atoms with E-state index < -0.39 is 12.6 Å². The summed E-state index contributed by atoms with van der Waals surface area (Å²) in [6, 6.07) is 10.2. The van der Waals surface area contributed by atoms with Gasteiger partial charge in [0.05, 0.1) is 0 Å². The summed E-state index contributed by atoms with van der Waals surface area (Å²) in [5, 5.41) is 6.19. The van der Waals surface area contributed by atoms with Crippen molar-refractivity contribution in [2.45, 2.75) is 38.3 Å². The van der Waals surface area contributed by atoms with Crippen molar-refractivity contribution in [1.29, 1.82) is 0 Å². The molecule has 0 spiro atoms. The van der Waals surface area contributed by atoms with Crippen LogP contribution in [0, 0.1) is 0 Å². The number of hydrogen-bond donors (Lipinski definition) is 2. The number of nitrogens with zero attached hydrogens (tertiary/aromatic N) is 1. The van der Waals surface area contributed by atoms with Gasteiger partial charge in [0.1, 0.15) is 0 Å². The molecule has 2 N–H and O–H groups in total. The van der Waals surface area contributed by atoms with Gasteiger partial charge in [-0.3, -0.25) is 4.99 Å². The highest BCUT2D eigenvalue weighted by Crippen LogP contribution is 2.21. The van der Waals surface area contributed by atoms with Crippen LogP contribution in [0.5, 0.6) is 0 Å². The number of aliphatic imine (C=N–C) groups is 1. The molecule has 0 aliphatic rings. The van der Waals surface area contributed by atoms with Gasteiger partial charge in [0, 0.05) is 26.6 Å². The van der Waals surface area contributed by atoms with Crippen molar-refractivity contribution in [3.63, 3.8) is 0 Å². The van der Waals surface area contributed by atoms with Crippen LogP contribution in [0.2, 0.25) is 0 Å². The van der Waals surface area contributed by atoms with E-state index in [9.17, 15) is 13.2 Å². The normalized spacial score (nSPS) is 12.3. The highest BCUT2D eigenvalue weighted by atomic mass is 19.4. The molecule has 3 nitrogen and oxygen atoms in total. The molecule has 1 aromatic rings. The summed E-state index contributed by atoms with van der Waals surface area (Å²) < 4.78 is 36.0. The van der Waals surface area contributed by atoms with Crippen LogP contribution in [0.4, 0.5) is 13.2 Å². The van der Waals surface area contributed by atoms with Crippen LogP contribution >= 0.6 is 0 Å². The smallest absolute Gasteiger partial charge is 0.356 e. The Morgan fingerprint density at radius 1 is 1.00 bits per heavy atom. The molecule has 124 valence electrons. The highest BCUT2D eigenvalue weighted by molar-refractivity contribution is 5.79. The average molecular weight is 315 g/mol. The summed E-state index contributed by atoms with van der Waals surface area (Å²) >= 11 is 0. The van der Waals surface area contributed by atoms with Crippen LogP contribution < -0.4 is 10.6 Å². The third-order valence-electron chi connectivity index (χ3n) is 3.18. The van der Waals surface area contributed by atoms with Gasteiger partial charge in [-0.2, -0.15) is 13.2 Å². The molecular weight excluding hydrogens is 291 g/mol. The van der Waals surface area contributed by atoms with E-state index in [0.717, 1.165) is 19.4 Å². The highest BCUT2D eigenvalue weighted by Gasteiger charge is 2.25. The molecule has 6 heteroatoms. The first-order valence-corrected chi connectivity index (χ1v) is 7.56. The van der Waals surface area contributed by atoms with E-state index in [4.69, 9.17) is 0 Å². The second-order valence-electron chi connectivity index (χ2n) is 5.09. The summed E-state index contributed by atoms with van der Waals surface area (Å²) in [4.78, 5) is 4.05. The first-order valence-electron chi connectivity index (χ1n) is 7.56. The molecule has 0 heterocycles. The fraction of sp³-hybridized carbons (Fsp3) is 0.562. The zero-order chi connectivity index (χ0) is 16.3. The quantitative estimate of drug-likeness (QED) is 0.437. The Balaban J connectivity index is 2.07. The molecule has 0 aliphatic heterocycles. The second kappa shape index (κ2) is 10.1. The number of aryl methyl sites for hydroxylation is 1. The van der Waals surface area contributed by atoms with E-state index in [0.29, 0.717) is 18.9 Å². The van der Waals surface area contributed by atoms with Crippen LogP contribution in [0.1, 0.15) is 31.2 Å². The van der Waals surface area contributed by atoms with Crippen molar-refractivity contribution in [1.82, 2.24) is 10.6 Å². The minimum absolute atomic E-state index is 0.140. The average Bonchev–Trinajstić information content (AvgIpc) is 2.49. The van der Waals surface area contributed by atoms with Crippen LogP contribution in [0.3, 0.4) is 0 Å². The van der Waals surface area contributed by atoms with Crippen molar-refractivity contribution in [2.75, 3.05) is 20.1 Å². The molecule has 0 aromatic heterocycles. The minimum atomic E-state index is -4.06. The van der Waals surface area contributed by atoms with Gasteiger partial charge in [0.2, 0.25) is 0 Å². The summed E-state index contributed by atoms with van der Waals surface area (Å²) in [6.07, 6.45) is -2.21. The molecule has 0 aliphatic carbocycles. The molecule has 0 saturated heterocycles. The number of hydrogen-bond acceptors (Lipinski definition) is 1. The third-order valence-corrected chi connectivity index (χ3v) is 3.18. The van der Waals surface area contributed by atoms with Crippen molar-refractivity contribution in [3.8, 4) is 0 Å². The Kier molecular flexibility index (Phi) is 8.40. The topological polar surface area (TPSA) is 36.4 Å². The largest absolute Gasteiger partial charge is 0.389 e. The molecule has 1 rings (SSSR count). The van der Waals surface area contributed by atoms with Gasteiger partial charge in [-0.1, -0.05) is 30.3 Å². The maximum Gasteiger partial charge on any atom is 0.389 e. The van der Waals surface area contributed by atoms with Gasteiger partial charge in [-0.25, -0.2) is 0 Å². The number of halogens is 3. The molecule has 0 amide bonds. The van der Waals surface area contributed by atoms with Crippen LogP contribution in [-0.4, -0.2) is 32.3 Å². The van der Waals surface area contributed by atoms with Crippen molar-refractivity contribution in [2.24, 2.45) is 4.99 Å². The lowest BCUT2D eigenvalue weighted by Crippen LogP contribution is -2.38. The predicted molar refractivity (Wildman–Crippen MR) is 84.0 cm³/mol.